The van der Waals surface area contributed by atoms with Crippen molar-refractivity contribution in [3.05, 3.63) is 43.1 Å². The van der Waals surface area contributed by atoms with Crippen LogP contribution in [0.1, 0.15) is 58.3 Å². The van der Waals surface area contributed by atoms with Crippen LogP contribution in [0.3, 0.4) is 0 Å². The largest absolute Gasteiger partial charge is 0.497 e. The van der Waals surface area contributed by atoms with Crippen molar-refractivity contribution in [3.63, 3.8) is 0 Å². The third-order valence-corrected chi connectivity index (χ3v) is 6.90. The molecule has 4 nitrogen and oxygen atoms in total. The van der Waals surface area contributed by atoms with Gasteiger partial charge in [0.25, 0.3) is 0 Å². The first-order chi connectivity index (χ1) is 14.7. The Morgan fingerprint density at radius 1 is 1.23 bits per heavy atom. The first-order valence-corrected chi connectivity index (χ1v) is 11.7. The van der Waals surface area contributed by atoms with Crippen molar-refractivity contribution in [2.24, 2.45) is 11.3 Å². The Labute approximate surface area is 182 Å². The molecule has 1 aromatic carbocycles. The predicted molar refractivity (Wildman–Crippen MR) is 128 cm³/mol. The van der Waals surface area contributed by atoms with Crippen molar-refractivity contribution < 1.29 is 4.74 Å². The van der Waals surface area contributed by atoms with E-state index in [2.05, 4.69) is 47.3 Å². The number of piperidine rings is 1. The number of fused-ring (bicyclic) bond motifs is 1. The molecule has 0 amide bonds. The average molecular weight is 410 g/mol. The number of nitrogens with zero attached hydrogens (tertiary/aromatic N) is 1. The van der Waals surface area contributed by atoms with Crippen LogP contribution in [0.15, 0.2) is 43.1 Å². The first kappa shape index (κ1) is 22.6. The van der Waals surface area contributed by atoms with Crippen molar-refractivity contribution in [2.75, 3.05) is 32.1 Å². The van der Waals surface area contributed by atoms with E-state index in [-0.39, 0.29) is 0 Å². The Kier molecular flexibility index (Phi) is 8.56. The van der Waals surface area contributed by atoms with Gasteiger partial charge >= 0.3 is 0 Å². The van der Waals surface area contributed by atoms with E-state index in [1.165, 1.54) is 51.4 Å². The highest BCUT2D eigenvalue weighted by atomic mass is 16.5. The van der Waals surface area contributed by atoms with E-state index in [0.717, 1.165) is 42.0 Å². The molecule has 0 saturated carbocycles. The molecule has 2 atom stereocenters. The molecule has 2 aromatic rings. The molecule has 2 heterocycles. The lowest BCUT2D eigenvalue weighted by Crippen LogP contribution is -2.45. The van der Waals surface area contributed by atoms with Crippen LogP contribution in [0.5, 0.6) is 5.75 Å². The van der Waals surface area contributed by atoms with Gasteiger partial charge in [0.15, 0.2) is 0 Å². The number of hydrogen-bond acceptors (Lipinski definition) is 4. The fraction of sp³-hybridized carbons (Fsp3) is 0.577. The summed E-state index contributed by atoms with van der Waals surface area (Å²) in [5.74, 6) is 1.42. The van der Waals surface area contributed by atoms with E-state index in [0.29, 0.717) is 11.3 Å². The Balaban J connectivity index is 1.68. The molecule has 1 saturated heterocycles. The maximum atomic E-state index is 5.42. The molecule has 2 N–H and O–H groups in total. The molecule has 3 rings (SSSR count). The summed E-state index contributed by atoms with van der Waals surface area (Å²) >= 11 is 0. The molecule has 164 valence electrons. The molecule has 0 aliphatic carbocycles. The second-order valence-corrected chi connectivity index (χ2v) is 8.74. The minimum atomic E-state index is 0.354. The van der Waals surface area contributed by atoms with Gasteiger partial charge in [0.1, 0.15) is 5.75 Å². The quantitative estimate of drug-likeness (QED) is 0.324. The highest BCUT2D eigenvalue weighted by Crippen LogP contribution is 2.43. The number of anilines is 1. The van der Waals surface area contributed by atoms with E-state index >= 15 is 0 Å². The first-order valence-electron chi connectivity index (χ1n) is 11.7. The normalized spacial score (nSPS) is 21.5. The van der Waals surface area contributed by atoms with E-state index < -0.39 is 0 Å². The zero-order valence-electron chi connectivity index (χ0n) is 18.9. The number of pyridine rings is 1. The van der Waals surface area contributed by atoms with Gasteiger partial charge in [0.05, 0.1) is 12.6 Å². The minimum Gasteiger partial charge on any atom is -0.497 e. The van der Waals surface area contributed by atoms with Crippen LogP contribution in [-0.4, -0.2) is 31.7 Å². The molecule has 0 unspecified atom stereocenters. The molecule has 0 spiro atoms. The number of hydrogen-bond donors (Lipinski definition) is 2. The zero-order chi connectivity index (χ0) is 21.2. The molecular formula is C26H39N3O. The van der Waals surface area contributed by atoms with Gasteiger partial charge in [-0.05, 0) is 61.4 Å². The fourth-order valence-electron chi connectivity index (χ4n) is 5.01. The van der Waals surface area contributed by atoms with E-state index in [1.807, 2.05) is 18.3 Å². The third kappa shape index (κ3) is 5.54. The van der Waals surface area contributed by atoms with Gasteiger partial charge in [-0.15, -0.1) is 6.58 Å². The summed E-state index contributed by atoms with van der Waals surface area (Å²) in [6.45, 7) is 9.62. The second-order valence-electron chi connectivity index (χ2n) is 8.74. The maximum Gasteiger partial charge on any atom is 0.119 e. The van der Waals surface area contributed by atoms with Crippen LogP contribution in [0.4, 0.5) is 5.69 Å². The lowest BCUT2D eigenvalue weighted by Gasteiger charge is -2.44. The average Bonchev–Trinajstić information content (AvgIpc) is 2.79. The van der Waals surface area contributed by atoms with Gasteiger partial charge in [-0.2, -0.15) is 0 Å². The summed E-state index contributed by atoms with van der Waals surface area (Å²) < 4.78 is 5.42. The lowest BCUT2D eigenvalue weighted by atomic mass is 9.65. The summed E-state index contributed by atoms with van der Waals surface area (Å²) in [4.78, 5) is 4.50. The van der Waals surface area contributed by atoms with E-state index in [9.17, 15) is 0 Å². The molecule has 4 heteroatoms. The number of aromatic nitrogens is 1. The minimum absolute atomic E-state index is 0.354. The van der Waals surface area contributed by atoms with Gasteiger partial charge in [0, 0.05) is 30.4 Å². The Morgan fingerprint density at radius 3 is 2.90 bits per heavy atom. The number of nitrogens with one attached hydrogen (secondary N) is 2. The third-order valence-electron chi connectivity index (χ3n) is 6.90. The van der Waals surface area contributed by atoms with Gasteiger partial charge < -0.3 is 15.4 Å². The lowest BCUT2D eigenvalue weighted by molar-refractivity contribution is 0.115. The van der Waals surface area contributed by atoms with Crippen molar-refractivity contribution in [3.8, 4) is 5.75 Å². The van der Waals surface area contributed by atoms with Gasteiger partial charge in [0.2, 0.25) is 0 Å². The summed E-state index contributed by atoms with van der Waals surface area (Å²) in [7, 11) is 1.71. The predicted octanol–water partition coefficient (Wildman–Crippen LogP) is 6.19. The molecule has 1 aliphatic rings. The number of unbranched alkanes of at least 4 members (excludes halogenated alkanes) is 4. The topological polar surface area (TPSA) is 46.2 Å². The highest BCUT2D eigenvalue weighted by Gasteiger charge is 2.38. The van der Waals surface area contributed by atoms with Gasteiger partial charge in [-0.1, -0.05) is 45.1 Å². The van der Waals surface area contributed by atoms with E-state index in [1.54, 1.807) is 7.11 Å². The molecule has 1 aromatic heterocycles. The molecule has 1 fully saturated rings. The van der Waals surface area contributed by atoms with Crippen molar-refractivity contribution in [1.82, 2.24) is 10.3 Å². The summed E-state index contributed by atoms with van der Waals surface area (Å²) in [6.07, 6.45) is 14.5. The summed E-state index contributed by atoms with van der Waals surface area (Å²) in [6, 6.07) is 8.14. The molecule has 1 aliphatic heterocycles. The highest BCUT2D eigenvalue weighted by molar-refractivity contribution is 5.92. The number of methoxy groups -OCH3 is 1. The standard InChI is InChI=1S/C26H39N3O/c1-4-6-7-8-9-13-26(14-17-27-20-21(26)5-2)15-18-29-25-12-16-28-24-11-10-22(30-3)19-23(24)25/h5,10-12,16,19,21,27H,2,4,6-9,13-15,17-18,20H2,1,3H3,(H,28,29)/t21-,26+/m0/s1. The smallest absolute Gasteiger partial charge is 0.119 e. The summed E-state index contributed by atoms with van der Waals surface area (Å²) in [5.41, 5.74) is 2.49. The van der Waals surface area contributed by atoms with Crippen LogP contribution in [0.25, 0.3) is 10.9 Å². The van der Waals surface area contributed by atoms with Gasteiger partial charge in [-0.25, -0.2) is 0 Å². The van der Waals surface area contributed by atoms with E-state index in [4.69, 9.17) is 4.74 Å². The van der Waals surface area contributed by atoms with Crippen molar-refractivity contribution in [1.29, 1.82) is 0 Å². The fourth-order valence-corrected chi connectivity index (χ4v) is 5.01. The van der Waals surface area contributed by atoms with Crippen molar-refractivity contribution >= 4 is 16.6 Å². The summed E-state index contributed by atoms with van der Waals surface area (Å²) in [5, 5.41) is 8.42. The maximum absolute atomic E-state index is 5.42. The molecule has 0 radical (unpaired) electrons. The SMILES string of the molecule is C=C[C@H]1CNCC[C@]1(CCCCCCC)CCNc1ccnc2ccc(OC)cc12. The van der Waals surface area contributed by atoms with Crippen LogP contribution >= 0.6 is 0 Å². The zero-order valence-corrected chi connectivity index (χ0v) is 18.9. The van der Waals surface area contributed by atoms with Crippen LogP contribution < -0.4 is 15.4 Å². The Bertz CT molecular complexity index is 806. The Hall–Kier alpha value is -2.07. The molecule has 0 bridgehead atoms. The number of benzene rings is 1. The molecular weight excluding hydrogens is 370 g/mol. The van der Waals surface area contributed by atoms with Gasteiger partial charge in [-0.3, -0.25) is 4.98 Å². The number of rotatable bonds is 12. The van der Waals surface area contributed by atoms with Crippen molar-refractivity contribution in [2.45, 2.75) is 58.3 Å². The molecule has 30 heavy (non-hydrogen) atoms. The van der Waals surface area contributed by atoms with Crippen LogP contribution in [0.2, 0.25) is 0 Å². The Morgan fingerprint density at radius 2 is 2.10 bits per heavy atom. The second kappa shape index (κ2) is 11.4. The van der Waals surface area contributed by atoms with Crippen LogP contribution in [0, 0.1) is 11.3 Å². The van der Waals surface area contributed by atoms with Crippen LogP contribution in [-0.2, 0) is 0 Å². The monoisotopic (exact) mass is 409 g/mol. The number of ether oxygens (including phenoxy) is 1.